The number of rotatable bonds is 58. The summed E-state index contributed by atoms with van der Waals surface area (Å²) >= 11 is 0. The predicted molar refractivity (Wildman–Crippen MR) is 304 cm³/mol. The maximum atomic E-state index is 11.7. The molecule has 0 saturated carbocycles. The average molecular weight is 975 g/mol. The number of allylic oxidation sites excluding steroid dienone is 3. The van der Waals surface area contributed by atoms with Crippen LogP contribution in [0.1, 0.15) is 355 Å². The molecule has 0 heterocycles. The van der Waals surface area contributed by atoms with Gasteiger partial charge in [-0.1, -0.05) is 310 Å². The smallest absolute Gasteiger partial charge is 0.101 e. The molecule has 0 rings (SSSR count). The summed E-state index contributed by atoms with van der Waals surface area (Å²) in [6, 6.07) is 0. The summed E-state index contributed by atoms with van der Waals surface area (Å²) in [4.78, 5) is 0. The lowest BCUT2D eigenvalue weighted by atomic mass is 10.0. The fourth-order valence-corrected chi connectivity index (χ4v) is 10.6. The first-order valence-electron chi connectivity index (χ1n) is 31.2. The molecule has 0 unspecified atom stereocenters. The van der Waals surface area contributed by atoms with E-state index in [1.54, 1.807) is 0 Å². The predicted octanol–water partition coefficient (Wildman–Crippen LogP) is 22.2. The van der Waals surface area contributed by atoms with E-state index in [4.69, 9.17) is 0 Å². The van der Waals surface area contributed by atoms with Gasteiger partial charge in [0.1, 0.15) is 18.6 Å². The van der Waals surface area contributed by atoms with E-state index in [0.29, 0.717) is 17.4 Å². The van der Waals surface area contributed by atoms with Crippen LogP contribution >= 0.6 is 0 Å². The van der Waals surface area contributed by atoms with E-state index in [1.807, 2.05) is 0 Å². The summed E-state index contributed by atoms with van der Waals surface area (Å²) in [6.45, 7) is 7.50. The van der Waals surface area contributed by atoms with Crippen LogP contribution in [0.25, 0.3) is 0 Å². The van der Waals surface area contributed by atoms with Crippen LogP contribution in [0.2, 0.25) is 0 Å². The Morgan fingerprint density at radius 2 is 0.456 bits per heavy atom. The number of unbranched alkanes of at least 4 members (excludes halogenated alkanes) is 48. The van der Waals surface area contributed by atoms with Crippen molar-refractivity contribution in [3.05, 3.63) is 36.8 Å². The number of hydrogen-bond acceptors (Lipinski definition) is 3. The van der Waals surface area contributed by atoms with E-state index in [0.717, 1.165) is 19.3 Å². The Labute approximate surface area is 429 Å². The van der Waals surface area contributed by atoms with Gasteiger partial charge in [0, 0.05) is 12.2 Å². The zero-order valence-corrected chi connectivity index (χ0v) is 47.5. The molecule has 0 atom stereocenters. The number of quaternary nitrogens is 1. The Kier molecular flexibility index (Phi) is 54.7. The summed E-state index contributed by atoms with van der Waals surface area (Å²) in [7, 11) is -4.24. The lowest BCUT2D eigenvalue weighted by Gasteiger charge is -2.27. The van der Waals surface area contributed by atoms with Crippen LogP contribution in [-0.4, -0.2) is 29.8 Å². The van der Waals surface area contributed by atoms with E-state index in [-0.39, 0.29) is 5.75 Å². The molecule has 0 aromatic heterocycles. The molecule has 5 heteroatoms. The Balaban J connectivity index is 4.85. The molecule has 4 nitrogen and oxygen atoms in total. The summed E-state index contributed by atoms with van der Waals surface area (Å²) in [6.07, 6.45) is 83.8. The van der Waals surface area contributed by atoms with Gasteiger partial charge in [-0.15, -0.1) is 0 Å². The first-order chi connectivity index (χ1) is 33.4. The van der Waals surface area contributed by atoms with E-state index < -0.39 is 10.1 Å². The highest BCUT2D eigenvalue weighted by molar-refractivity contribution is 7.85. The van der Waals surface area contributed by atoms with E-state index in [1.165, 1.54) is 308 Å². The summed E-state index contributed by atoms with van der Waals surface area (Å²) in [5.41, 5.74) is 0. The zero-order chi connectivity index (χ0) is 49.4. The van der Waals surface area contributed by atoms with Crippen molar-refractivity contribution >= 4 is 10.1 Å². The van der Waals surface area contributed by atoms with E-state index in [9.17, 15) is 13.0 Å². The van der Waals surface area contributed by atoms with Crippen LogP contribution in [0.3, 0.4) is 0 Å². The monoisotopic (exact) mass is 974 g/mol. The van der Waals surface area contributed by atoms with Crippen molar-refractivity contribution in [3.63, 3.8) is 0 Å². The Morgan fingerprint density at radius 1 is 0.279 bits per heavy atom. The first-order valence-corrected chi connectivity index (χ1v) is 32.8. The van der Waals surface area contributed by atoms with Gasteiger partial charge in [-0.2, -0.15) is 0 Å². The summed E-state index contributed by atoms with van der Waals surface area (Å²) in [5.74, 6) is -0.292. The lowest BCUT2D eigenvalue weighted by Crippen LogP contribution is -2.33. The Hall–Kier alpha value is -0.910. The highest BCUT2D eigenvalue weighted by atomic mass is 32.2. The second-order valence-electron chi connectivity index (χ2n) is 21.8. The minimum Gasteiger partial charge on any atom is -0.748 e. The maximum Gasteiger partial charge on any atom is 0.101 e. The fraction of sp³-hybridized carbons (Fsp3) is 0.905. The van der Waals surface area contributed by atoms with Crippen molar-refractivity contribution in [1.82, 2.24) is 0 Å². The van der Waals surface area contributed by atoms with Crippen molar-refractivity contribution in [2.24, 2.45) is 0 Å². The minimum atomic E-state index is -4.24. The Bertz CT molecular complexity index is 1050. The van der Waals surface area contributed by atoms with Crippen LogP contribution < -0.4 is 0 Å². The molecule has 0 bridgehead atoms. The van der Waals surface area contributed by atoms with Gasteiger partial charge in [0.15, 0.2) is 0 Å². The Morgan fingerprint density at radius 3 is 0.632 bits per heavy atom. The van der Waals surface area contributed by atoms with Gasteiger partial charge in [0.25, 0.3) is 0 Å². The average Bonchev–Trinajstić information content (AvgIpc) is 3.32. The molecule has 0 aromatic carbocycles. The van der Waals surface area contributed by atoms with Gasteiger partial charge in [0.2, 0.25) is 0 Å². The van der Waals surface area contributed by atoms with Crippen LogP contribution in [0.15, 0.2) is 36.8 Å². The van der Waals surface area contributed by atoms with Crippen molar-refractivity contribution in [1.29, 1.82) is 0 Å². The van der Waals surface area contributed by atoms with E-state index >= 15 is 0 Å². The van der Waals surface area contributed by atoms with Crippen LogP contribution in [0.4, 0.5) is 0 Å². The summed E-state index contributed by atoms with van der Waals surface area (Å²) in [5, 5.41) is 0. The normalized spacial score (nSPS) is 12.6. The molecular weight excluding hydrogens is 851 g/mol. The molecule has 0 saturated heterocycles. The highest BCUT2D eigenvalue weighted by Crippen LogP contribution is 2.21. The molecule has 68 heavy (non-hydrogen) atoms. The third-order valence-electron chi connectivity index (χ3n) is 14.8. The first kappa shape index (κ1) is 67.1. The zero-order valence-electron chi connectivity index (χ0n) is 46.7. The standard InChI is InChI=1S/C63H123NO3S/c1-4-7-10-13-16-19-22-25-28-31-34-37-40-43-46-49-52-55-59-64(62-58-63-68(65,66)67,60-56-53-50-47-44-41-38-35-32-29-26-23-20-17-14-11-8-5-2)61-57-54-51-48-45-42-39-36-33-30-27-24-21-18-15-12-9-6-3/h55-57,59-61H,4-54,58,62-63H2,1-3H3/b59-55+,60-56+,61-57+. The molecule has 0 N–H and O–H groups in total. The topological polar surface area (TPSA) is 57.2 Å². The highest BCUT2D eigenvalue weighted by Gasteiger charge is 2.19. The number of nitrogens with zero attached hydrogens (tertiary/aromatic N) is 1. The minimum absolute atomic E-state index is 0.292. The molecule has 0 aliphatic carbocycles. The van der Waals surface area contributed by atoms with Gasteiger partial charge in [0.05, 0.1) is 16.7 Å². The van der Waals surface area contributed by atoms with Gasteiger partial charge in [-0.25, -0.2) is 12.9 Å². The molecule has 0 aliphatic heterocycles. The van der Waals surface area contributed by atoms with Crippen molar-refractivity contribution < 1.29 is 17.5 Å². The van der Waals surface area contributed by atoms with Crippen LogP contribution in [-0.2, 0) is 10.1 Å². The lowest BCUT2D eigenvalue weighted by molar-refractivity contribution is -0.773. The van der Waals surface area contributed by atoms with E-state index in [2.05, 4.69) is 57.6 Å². The largest absolute Gasteiger partial charge is 0.748 e. The van der Waals surface area contributed by atoms with Crippen molar-refractivity contribution in [3.8, 4) is 0 Å². The SMILES string of the molecule is CCCCCCCCCCCCCCCCCC/C=C/[N+](/C=C/CCCCCCCCCCCCCCCCCC)(/C=C/CCCCCCCCCCCCCCCCCC)CCCS(=O)(=O)[O-]. The summed E-state index contributed by atoms with van der Waals surface area (Å²) < 4.78 is 35.6. The third kappa shape index (κ3) is 54.4. The van der Waals surface area contributed by atoms with Crippen molar-refractivity contribution in [2.45, 2.75) is 355 Å². The van der Waals surface area contributed by atoms with Crippen LogP contribution in [0, 0.1) is 0 Å². The molecule has 404 valence electrons. The van der Waals surface area contributed by atoms with Gasteiger partial charge >= 0.3 is 0 Å². The third-order valence-corrected chi connectivity index (χ3v) is 15.6. The number of hydrogen-bond donors (Lipinski definition) is 0. The molecular formula is C63H123NO3S. The second-order valence-corrected chi connectivity index (χ2v) is 23.3. The molecule has 0 radical (unpaired) electrons. The molecule has 0 aromatic rings. The van der Waals surface area contributed by atoms with Gasteiger partial charge in [-0.3, -0.25) is 0 Å². The van der Waals surface area contributed by atoms with Crippen LogP contribution in [0.5, 0.6) is 0 Å². The second kappa shape index (κ2) is 55.4. The molecule has 0 fully saturated rings. The maximum absolute atomic E-state index is 11.7. The molecule has 0 aliphatic rings. The molecule has 0 amide bonds. The fourth-order valence-electron chi connectivity index (χ4n) is 10.1. The van der Waals surface area contributed by atoms with Gasteiger partial charge in [-0.05, 0) is 56.8 Å². The quantitative estimate of drug-likeness (QED) is 0.0347. The molecule has 0 spiro atoms. The van der Waals surface area contributed by atoms with Gasteiger partial charge < -0.3 is 4.55 Å². The van der Waals surface area contributed by atoms with Crippen molar-refractivity contribution in [2.75, 3.05) is 12.3 Å².